The monoisotopic (exact) mass is 439 g/mol. The van der Waals surface area contributed by atoms with Crippen LogP contribution in [0.3, 0.4) is 0 Å². The molecule has 0 saturated heterocycles. The van der Waals surface area contributed by atoms with Gasteiger partial charge in [-0.05, 0) is 64.1 Å². The standard InChI is InChI=1S/C24H25NO7/c1-5-25(6-2)24(28)32-18-12-13-19-20(14-18)30-15(4)22(21(19)26)31-17-10-8-16(9-11-17)23(27)29-7-3/h8-14H,5-7H2,1-4H3. The van der Waals surface area contributed by atoms with Gasteiger partial charge in [0.05, 0.1) is 17.6 Å². The Morgan fingerprint density at radius 2 is 1.62 bits per heavy atom. The molecule has 0 aliphatic rings. The molecular formula is C24H25NO7. The quantitative estimate of drug-likeness (QED) is 0.483. The van der Waals surface area contributed by atoms with Gasteiger partial charge in [0, 0.05) is 19.2 Å². The molecule has 3 aromatic rings. The first-order valence-corrected chi connectivity index (χ1v) is 10.4. The summed E-state index contributed by atoms with van der Waals surface area (Å²) in [6, 6.07) is 10.8. The molecule has 0 fully saturated rings. The van der Waals surface area contributed by atoms with E-state index in [0.29, 0.717) is 24.4 Å². The van der Waals surface area contributed by atoms with E-state index in [-0.39, 0.29) is 40.3 Å². The molecule has 8 nitrogen and oxygen atoms in total. The number of nitrogens with zero attached hydrogens (tertiary/aromatic N) is 1. The molecule has 3 rings (SSSR count). The Morgan fingerprint density at radius 3 is 2.25 bits per heavy atom. The van der Waals surface area contributed by atoms with E-state index in [1.165, 1.54) is 23.1 Å². The average Bonchev–Trinajstić information content (AvgIpc) is 2.78. The number of fused-ring (bicyclic) bond motifs is 1. The van der Waals surface area contributed by atoms with Gasteiger partial charge in [-0.25, -0.2) is 9.59 Å². The van der Waals surface area contributed by atoms with E-state index in [2.05, 4.69) is 0 Å². The molecule has 0 aliphatic carbocycles. The maximum absolute atomic E-state index is 13.0. The Bertz CT molecular complexity index is 1180. The van der Waals surface area contributed by atoms with Gasteiger partial charge in [0.15, 0.2) is 0 Å². The lowest BCUT2D eigenvalue weighted by atomic mass is 10.2. The van der Waals surface area contributed by atoms with Crippen LogP contribution in [-0.4, -0.2) is 36.7 Å². The zero-order chi connectivity index (χ0) is 23.3. The average molecular weight is 439 g/mol. The predicted molar refractivity (Wildman–Crippen MR) is 119 cm³/mol. The van der Waals surface area contributed by atoms with Crippen LogP contribution in [0, 0.1) is 6.92 Å². The van der Waals surface area contributed by atoms with Gasteiger partial charge in [-0.2, -0.15) is 0 Å². The largest absolute Gasteiger partial charge is 0.462 e. The van der Waals surface area contributed by atoms with E-state index in [4.69, 9.17) is 18.6 Å². The smallest absolute Gasteiger partial charge is 0.415 e. The molecule has 2 aromatic carbocycles. The third-order valence-corrected chi connectivity index (χ3v) is 4.80. The molecule has 1 aromatic heterocycles. The minimum absolute atomic E-state index is 0.0364. The summed E-state index contributed by atoms with van der Waals surface area (Å²) in [5, 5.41) is 0.288. The number of rotatable bonds is 7. The van der Waals surface area contributed by atoms with Gasteiger partial charge in [0.2, 0.25) is 11.2 Å². The lowest BCUT2D eigenvalue weighted by Crippen LogP contribution is -2.33. The molecule has 1 heterocycles. The maximum Gasteiger partial charge on any atom is 0.415 e. The zero-order valence-corrected chi connectivity index (χ0v) is 18.5. The molecule has 0 saturated carbocycles. The molecule has 0 aliphatic heterocycles. The van der Waals surface area contributed by atoms with Crippen LogP contribution in [0.2, 0.25) is 0 Å². The number of hydrogen-bond acceptors (Lipinski definition) is 7. The Labute approximate surface area is 185 Å². The van der Waals surface area contributed by atoms with E-state index in [1.807, 2.05) is 13.8 Å². The van der Waals surface area contributed by atoms with Crippen LogP contribution >= 0.6 is 0 Å². The van der Waals surface area contributed by atoms with Crippen LogP contribution in [0.4, 0.5) is 4.79 Å². The second-order valence-corrected chi connectivity index (χ2v) is 6.86. The van der Waals surface area contributed by atoms with Gasteiger partial charge in [0.25, 0.3) is 0 Å². The Hall–Kier alpha value is -3.81. The zero-order valence-electron chi connectivity index (χ0n) is 18.5. The highest BCUT2D eigenvalue weighted by molar-refractivity contribution is 5.89. The summed E-state index contributed by atoms with van der Waals surface area (Å²) >= 11 is 0. The van der Waals surface area contributed by atoms with Crippen molar-refractivity contribution in [2.75, 3.05) is 19.7 Å². The molecule has 0 N–H and O–H groups in total. The highest BCUT2D eigenvalue weighted by Gasteiger charge is 2.17. The lowest BCUT2D eigenvalue weighted by Gasteiger charge is -2.17. The van der Waals surface area contributed by atoms with Crippen molar-refractivity contribution in [1.82, 2.24) is 4.90 Å². The van der Waals surface area contributed by atoms with Crippen molar-refractivity contribution in [3.63, 3.8) is 0 Å². The van der Waals surface area contributed by atoms with Crippen molar-refractivity contribution in [3.8, 4) is 17.2 Å². The van der Waals surface area contributed by atoms with Crippen LogP contribution < -0.4 is 14.9 Å². The summed E-state index contributed by atoms with van der Waals surface area (Å²) in [5.41, 5.74) is 0.301. The Kier molecular flexibility index (Phi) is 7.14. The van der Waals surface area contributed by atoms with Crippen molar-refractivity contribution in [3.05, 3.63) is 64.0 Å². The number of amides is 1. The number of hydrogen-bond donors (Lipinski definition) is 0. The van der Waals surface area contributed by atoms with E-state index in [0.717, 1.165) is 0 Å². The molecule has 32 heavy (non-hydrogen) atoms. The Morgan fingerprint density at radius 1 is 0.969 bits per heavy atom. The van der Waals surface area contributed by atoms with Gasteiger partial charge < -0.3 is 23.5 Å². The van der Waals surface area contributed by atoms with Crippen LogP contribution in [0.15, 0.2) is 51.7 Å². The van der Waals surface area contributed by atoms with Crippen molar-refractivity contribution in [1.29, 1.82) is 0 Å². The first-order valence-electron chi connectivity index (χ1n) is 10.4. The van der Waals surface area contributed by atoms with Crippen LogP contribution in [0.1, 0.15) is 36.9 Å². The first kappa shape index (κ1) is 22.9. The van der Waals surface area contributed by atoms with Gasteiger partial charge in [-0.1, -0.05) is 0 Å². The van der Waals surface area contributed by atoms with Crippen molar-refractivity contribution in [2.45, 2.75) is 27.7 Å². The maximum atomic E-state index is 13.0. The second-order valence-electron chi connectivity index (χ2n) is 6.86. The number of aryl methyl sites for hydroxylation is 1. The van der Waals surface area contributed by atoms with Crippen LogP contribution in [-0.2, 0) is 4.74 Å². The van der Waals surface area contributed by atoms with Crippen molar-refractivity contribution in [2.24, 2.45) is 0 Å². The highest BCUT2D eigenvalue weighted by Crippen LogP contribution is 2.27. The van der Waals surface area contributed by atoms with Crippen molar-refractivity contribution < 1.29 is 28.2 Å². The van der Waals surface area contributed by atoms with E-state index in [9.17, 15) is 14.4 Å². The minimum Gasteiger partial charge on any atom is -0.462 e. The summed E-state index contributed by atoms with van der Waals surface area (Å²) < 4.78 is 21.8. The van der Waals surface area contributed by atoms with Gasteiger partial charge in [-0.15, -0.1) is 0 Å². The second kappa shape index (κ2) is 10.00. The van der Waals surface area contributed by atoms with Gasteiger partial charge >= 0.3 is 12.1 Å². The summed E-state index contributed by atoms with van der Waals surface area (Å²) in [7, 11) is 0. The highest BCUT2D eigenvalue weighted by atomic mass is 16.6. The fourth-order valence-corrected chi connectivity index (χ4v) is 3.09. The third-order valence-electron chi connectivity index (χ3n) is 4.80. The fourth-order valence-electron chi connectivity index (χ4n) is 3.09. The topological polar surface area (TPSA) is 95.3 Å². The molecule has 168 valence electrons. The van der Waals surface area contributed by atoms with Crippen LogP contribution in [0.25, 0.3) is 11.0 Å². The number of carbonyl (C=O) groups excluding carboxylic acids is 2. The molecule has 0 radical (unpaired) electrons. The molecular weight excluding hydrogens is 414 g/mol. The summed E-state index contributed by atoms with van der Waals surface area (Å²) in [5.74, 6) is 0.522. The normalized spacial score (nSPS) is 10.6. The summed E-state index contributed by atoms with van der Waals surface area (Å²) in [6.45, 7) is 8.40. The first-order chi connectivity index (χ1) is 15.4. The number of esters is 1. The summed E-state index contributed by atoms with van der Waals surface area (Å²) in [4.78, 5) is 38.5. The third kappa shape index (κ3) is 4.91. The molecule has 8 heteroatoms. The number of benzene rings is 2. The van der Waals surface area contributed by atoms with E-state index in [1.54, 1.807) is 38.1 Å². The minimum atomic E-state index is -0.473. The molecule has 0 unspecified atom stereocenters. The van der Waals surface area contributed by atoms with Gasteiger partial charge in [0.1, 0.15) is 22.8 Å². The number of ether oxygens (including phenoxy) is 3. The van der Waals surface area contributed by atoms with E-state index >= 15 is 0 Å². The SMILES string of the molecule is CCOC(=O)c1ccc(Oc2c(C)oc3cc(OC(=O)N(CC)CC)ccc3c2=O)cc1. The molecule has 1 amide bonds. The number of carbonyl (C=O) groups is 2. The fraction of sp³-hybridized carbons (Fsp3) is 0.292. The van der Waals surface area contributed by atoms with Crippen molar-refractivity contribution >= 4 is 23.0 Å². The van der Waals surface area contributed by atoms with E-state index < -0.39 is 12.1 Å². The van der Waals surface area contributed by atoms with Crippen LogP contribution in [0.5, 0.6) is 17.2 Å². The van der Waals surface area contributed by atoms with Gasteiger partial charge in [-0.3, -0.25) is 4.79 Å². The Balaban J connectivity index is 1.86. The summed E-state index contributed by atoms with van der Waals surface area (Å²) in [6.07, 6.45) is -0.473. The molecule has 0 spiro atoms. The predicted octanol–water partition coefficient (Wildman–Crippen LogP) is 4.91. The molecule has 0 atom stereocenters. The lowest BCUT2D eigenvalue weighted by molar-refractivity contribution is 0.0526. The molecule has 0 bridgehead atoms.